The topological polar surface area (TPSA) is 40.2 Å². The van der Waals surface area contributed by atoms with E-state index in [0.29, 0.717) is 0 Å². The van der Waals surface area contributed by atoms with Crippen molar-refractivity contribution in [1.82, 2.24) is 4.57 Å². The van der Waals surface area contributed by atoms with E-state index in [1.165, 1.54) is 5.52 Å². The zero-order valence-electron chi connectivity index (χ0n) is 10.0. The molecule has 1 unspecified atom stereocenters. The third kappa shape index (κ3) is 1.57. The van der Waals surface area contributed by atoms with Gasteiger partial charge in [-0.1, -0.05) is 13.0 Å². The third-order valence-corrected chi connectivity index (χ3v) is 3.12. The normalized spacial score (nSPS) is 13.0. The van der Waals surface area contributed by atoms with Crippen LogP contribution in [-0.2, 0) is 7.05 Å². The number of fused-ring (bicyclic) bond motifs is 1. The molecule has 0 spiro atoms. The van der Waals surface area contributed by atoms with Gasteiger partial charge in [-0.25, -0.2) is 0 Å². The average molecular weight is 218 g/mol. The summed E-state index contributed by atoms with van der Waals surface area (Å²) in [6.07, 6.45) is 0.937. The lowest BCUT2D eigenvalue weighted by Crippen LogP contribution is -2.12. The Kier molecular flexibility index (Phi) is 2.88. The van der Waals surface area contributed by atoms with Crippen LogP contribution in [0, 0.1) is 0 Å². The lowest BCUT2D eigenvalue weighted by molar-refractivity contribution is 0.420. The highest BCUT2D eigenvalue weighted by molar-refractivity contribution is 5.87. The van der Waals surface area contributed by atoms with Gasteiger partial charge in [-0.2, -0.15) is 0 Å². The highest BCUT2D eigenvalue weighted by Gasteiger charge is 2.13. The summed E-state index contributed by atoms with van der Waals surface area (Å²) in [7, 11) is 3.74. The van der Waals surface area contributed by atoms with E-state index in [9.17, 15) is 0 Å². The van der Waals surface area contributed by atoms with Gasteiger partial charge < -0.3 is 15.0 Å². The van der Waals surface area contributed by atoms with E-state index in [0.717, 1.165) is 23.3 Å². The van der Waals surface area contributed by atoms with Crippen LogP contribution in [0.2, 0.25) is 0 Å². The number of nitrogens with two attached hydrogens (primary N) is 1. The molecule has 1 atom stereocenters. The van der Waals surface area contributed by atoms with Crippen LogP contribution in [0.1, 0.15) is 25.1 Å². The van der Waals surface area contributed by atoms with Gasteiger partial charge in [-0.05, 0) is 24.6 Å². The number of hydrogen-bond acceptors (Lipinski definition) is 2. The molecule has 0 aliphatic heterocycles. The number of benzene rings is 1. The van der Waals surface area contributed by atoms with E-state index in [1.807, 2.05) is 19.2 Å². The van der Waals surface area contributed by atoms with Crippen LogP contribution in [0.3, 0.4) is 0 Å². The van der Waals surface area contributed by atoms with Crippen molar-refractivity contribution in [2.75, 3.05) is 7.11 Å². The van der Waals surface area contributed by atoms with E-state index in [4.69, 9.17) is 10.5 Å². The fourth-order valence-electron chi connectivity index (χ4n) is 2.10. The summed E-state index contributed by atoms with van der Waals surface area (Å²) >= 11 is 0. The van der Waals surface area contributed by atoms with E-state index in [1.54, 1.807) is 7.11 Å². The molecule has 0 bridgehead atoms. The van der Waals surface area contributed by atoms with E-state index < -0.39 is 0 Å². The van der Waals surface area contributed by atoms with Crippen LogP contribution in [0.4, 0.5) is 0 Å². The minimum atomic E-state index is 0.0853. The maximum Gasteiger partial charge on any atom is 0.128 e. The van der Waals surface area contributed by atoms with Gasteiger partial charge in [0.05, 0.1) is 12.6 Å². The molecule has 0 fully saturated rings. The summed E-state index contributed by atoms with van der Waals surface area (Å²) in [6, 6.07) is 8.28. The molecule has 2 rings (SSSR count). The average Bonchev–Trinajstić information content (AvgIpc) is 2.66. The smallest absolute Gasteiger partial charge is 0.128 e. The van der Waals surface area contributed by atoms with Crippen molar-refractivity contribution in [3.05, 3.63) is 30.0 Å². The lowest BCUT2D eigenvalue weighted by atomic mass is 10.1. The SMILES string of the molecule is CCC(N)c1cc2c(OC)cccc2n1C. The zero-order valence-corrected chi connectivity index (χ0v) is 10.0. The van der Waals surface area contributed by atoms with Crippen LogP contribution in [-0.4, -0.2) is 11.7 Å². The van der Waals surface area contributed by atoms with E-state index in [-0.39, 0.29) is 6.04 Å². The van der Waals surface area contributed by atoms with Gasteiger partial charge in [0, 0.05) is 24.2 Å². The molecule has 0 aliphatic rings. The van der Waals surface area contributed by atoms with Gasteiger partial charge in [-0.3, -0.25) is 0 Å². The van der Waals surface area contributed by atoms with Crippen molar-refractivity contribution in [1.29, 1.82) is 0 Å². The van der Waals surface area contributed by atoms with Gasteiger partial charge in [0.15, 0.2) is 0 Å². The Morgan fingerprint density at radius 1 is 1.44 bits per heavy atom. The summed E-state index contributed by atoms with van der Waals surface area (Å²) in [5.74, 6) is 0.905. The van der Waals surface area contributed by atoms with Gasteiger partial charge in [-0.15, -0.1) is 0 Å². The molecule has 0 aliphatic carbocycles. The predicted molar refractivity (Wildman–Crippen MR) is 66.7 cm³/mol. The first kappa shape index (κ1) is 11.0. The fraction of sp³-hybridized carbons (Fsp3) is 0.385. The maximum atomic E-state index is 6.09. The van der Waals surface area contributed by atoms with Gasteiger partial charge >= 0.3 is 0 Å². The second kappa shape index (κ2) is 4.18. The number of ether oxygens (including phenoxy) is 1. The van der Waals surface area contributed by atoms with Gasteiger partial charge in [0.25, 0.3) is 0 Å². The molecule has 0 radical (unpaired) electrons. The van der Waals surface area contributed by atoms with Gasteiger partial charge in [0.2, 0.25) is 0 Å². The van der Waals surface area contributed by atoms with Crippen LogP contribution in [0.5, 0.6) is 5.75 Å². The molecule has 2 N–H and O–H groups in total. The predicted octanol–water partition coefficient (Wildman–Crippen LogP) is 2.60. The zero-order chi connectivity index (χ0) is 11.7. The standard InChI is InChI=1S/C13H18N2O/c1-4-10(14)12-8-9-11(15(12)2)6-5-7-13(9)16-3/h5-8,10H,4,14H2,1-3H3. The summed E-state index contributed by atoms with van der Waals surface area (Å²) in [5, 5.41) is 1.13. The van der Waals surface area contributed by atoms with Crippen molar-refractivity contribution < 1.29 is 4.74 Å². The molecule has 3 nitrogen and oxygen atoms in total. The molecule has 16 heavy (non-hydrogen) atoms. The van der Waals surface area contributed by atoms with Gasteiger partial charge in [0.1, 0.15) is 5.75 Å². The first-order valence-electron chi connectivity index (χ1n) is 5.57. The van der Waals surface area contributed by atoms with Crippen molar-refractivity contribution in [3.8, 4) is 5.75 Å². The second-order valence-corrected chi connectivity index (χ2v) is 4.04. The molecule has 1 aromatic carbocycles. The van der Waals surface area contributed by atoms with Crippen molar-refractivity contribution >= 4 is 10.9 Å². The minimum absolute atomic E-state index is 0.0853. The Bertz CT molecular complexity index is 502. The molecule has 0 saturated heterocycles. The van der Waals surface area contributed by atoms with E-state index >= 15 is 0 Å². The fourth-order valence-corrected chi connectivity index (χ4v) is 2.10. The van der Waals surface area contributed by atoms with E-state index in [2.05, 4.69) is 23.6 Å². The first-order valence-corrected chi connectivity index (χ1v) is 5.57. The molecule has 1 aromatic heterocycles. The van der Waals surface area contributed by atoms with Crippen LogP contribution < -0.4 is 10.5 Å². The Morgan fingerprint density at radius 3 is 2.81 bits per heavy atom. The number of aryl methyl sites for hydroxylation is 1. The Hall–Kier alpha value is -1.48. The minimum Gasteiger partial charge on any atom is -0.496 e. The summed E-state index contributed by atoms with van der Waals surface area (Å²) in [4.78, 5) is 0. The van der Waals surface area contributed by atoms with Crippen LogP contribution >= 0.6 is 0 Å². The number of nitrogens with zero attached hydrogens (tertiary/aromatic N) is 1. The lowest BCUT2D eigenvalue weighted by Gasteiger charge is -2.10. The highest BCUT2D eigenvalue weighted by atomic mass is 16.5. The maximum absolute atomic E-state index is 6.09. The number of aromatic nitrogens is 1. The van der Waals surface area contributed by atoms with Crippen molar-refractivity contribution in [2.45, 2.75) is 19.4 Å². The monoisotopic (exact) mass is 218 g/mol. The molecule has 0 saturated carbocycles. The van der Waals surface area contributed by atoms with Crippen molar-refractivity contribution in [3.63, 3.8) is 0 Å². The Balaban J connectivity index is 2.67. The molecule has 2 aromatic rings. The summed E-state index contributed by atoms with van der Waals surface area (Å²) < 4.78 is 7.50. The highest BCUT2D eigenvalue weighted by Crippen LogP contribution is 2.30. The molecule has 86 valence electrons. The molecule has 0 amide bonds. The molecular formula is C13H18N2O. The molecular weight excluding hydrogens is 200 g/mol. The molecule has 3 heteroatoms. The quantitative estimate of drug-likeness (QED) is 0.860. The Labute approximate surface area is 95.8 Å². The first-order chi connectivity index (χ1) is 7.69. The van der Waals surface area contributed by atoms with Crippen LogP contribution in [0.15, 0.2) is 24.3 Å². The van der Waals surface area contributed by atoms with Crippen molar-refractivity contribution in [2.24, 2.45) is 12.8 Å². The van der Waals surface area contributed by atoms with Crippen LogP contribution in [0.25, 0.3) is 10.9 Å². The second-order valence-electron chi connectivity index (χ2n) is 4.04. The molecule has 1 heterocycles. The Morgan fingerprint density at radius 2 is 2.19 bits per heavy atom. The third-order valence-electron chi connectivity index (χ3n) is 3.12. The summed E-state index contributed by atoms with van der Waals surface area (Å²) in [6.45, 7) is 2.10. The number of methoxy groups -OCH3 is 1. The number of rotatable bonds is 3. The number of hydrogen-bond donors (Lipinski definition) is 1. The summed E-state index contributed by atoms with van der Waals surface area (Å²) in [5.41, 5.74) is 8.41. The largest absolute Gasteiger partial charge is 0.496 e.